The van der Waals surface area contributed by atoms with Crippen LogP contribution in [0.4, 0.5) is 18.9 Å². The molecule has 1 fully saturated rings. The number of hydrogen-bond acceptors (Lipinski definition) is 3. The van der Waals surface area contributed by atoms with Gasteiger partial charge < -0.3 is 10.2 Å². The third-order valence-electron chi connectivity index (χ3n) is 2.99. The van der Waals surface area contributed by atoms with Crippen molar-refractivity contribution < 1.29 is 18.0 Å². The van der Waals surface area contributed by atoms with Crippen LogP contribution in [0, 0.1) is 0 Å². The van der Waals surface area contributed by atoms with Crippen LogP contribution in [0.25, 0.3) is 0 Å². The number of hydrogen-bond donors (Lipinski definition) is 1. The first-order valence-electron chi connectivity index (χ1n) is 6.39. The monoisotopic (exact) mass is 316 g/mol. The minimum absolute atomic E-state index is 0.224. The van der Waals surface area contributed by atoms with E-state index in [4.69, 9.17) is 0 Å². The van der Waals surface area contributed by atoms with Crippen molar-refractivity contribution in [1.29, 1.82) is 0 Å². The number of halogens is 3. The standard InChI is InChI=1S/C14H15F3N2OS/c1-3-18-12(20)13-19(8-9(2)21-13)11-6-4-5-10(7-11)14(15,16)17/h4-7,13H,2-3,8H2,1H3,(H,18,20). The van der Waals surface area contributed by atoms with Crippen molar-refractivity contribution in [2.45, 2.75) is 18.5 Å². The third-order valence-corrected chi connectivity index (χ3v) is 4.14. The fourth-order valence-corrected chi connectivity index (χ4v) is 3.12. The quantitative estimate of drug-likeness (QED) is 0.929. The molecule has 1 atom stereocenters. The Morgan fingerprint density at radius 3 is 2.86 bits per heavy atom. The highest BCUT2D eigenvalue weighted by molar-refractivity contribution is 8.04. The van der Waals surface area contributed by atoms with Crippen LogP contribution in [0.15, 0.2) is 35.7 Å². The number of alkyl halides is 3. The Morgan fingerprint density at radius 1 is 1.52 bits per heavy atom. The molecule has 1 amide bonds. The maximum absolute atomic E-state index is 12.8. The van der Waals surface area contributed by atoms with Crippen LogP contribution in [0.3, 0.4) is 0 Å². The van der Waals surface area contributed by atoms with E-state index < -0.39 is 17.1 Å². The molecular weight excluding hydrogens is 301 g/mol. The zero-order valence-corrected chi connectivity index (χ0v) is 12.2. The summed E-state index contributed by atoms with van der Waals surface area (Å²) in [6, 6.07) is 4.99. The van der Waals surface area contributed by atoms with E-state index in [-0.39, 0.29) is 5.91 Å². The van der Waals surface area contributed by atoms with Crippen LogP contribution in [0.1, 0.15) is 12.5 Å². The molecule has 3 nitrogen and oxygen atoms in total. The lowest BCUT2D eigenvalue weighted by Crippen LogP contribution is -2.42. The second kappa shape index (κ2) is 6.01. The summed E-state index contributed by atoms with van der Waals surface area (Å²) in [5, 5.41) is 2.11. The number of amides is 1. The number of benzene rings is 1. The molecule has 1 N–H and O–H groups in total. The van der Waals surface area contributed by atoms with Crippen molar-refractivity contribution >= 4 is 23.4 Å². The minimum Gasteiger partial charge on any atom is -0.354 e. The van der Waals surface area contributed by atoms with Crippen LogP contribution < -0.4 is 10.2 Å². The first kappa shape index (κ1) is 15.8. The molecule has 1 unspecified atom stereocenters. The second-order valence-electron chi connectivity index (χ2n) is 4.58. The summed E-state index contributed by atoms with van der Waals surface area (Å²) in [7, 11) is 0. The molecule has 1 saturated heterocycles. The predicted octanol–water partition coefficient (Wildman–Crippen LogP) is 3.23. The van der Waals surface area contributed by atoms with E-state index in [2.05, 4.69) is 11.9 Å². The topological polar surface area (TPSA) is 32.3 Å². The van der Waals surface area contributed by atoms with E-state index in [1.54, 1.807) is 17.9 Å². The van der Waals surface area contributed by atoms with E-state index >= 15 is 0 Å². The Balaban J connectivity index is 2.31. The number of likely N-dealkylation sites (N-methyl/N-ethyl adjacent to an activating group) is 1. The molecule has 0 aromatic heterocycles. The fourth-order valence-electron chi connectivity index (χ4n) is 2.08. The molecule has 0 aliphatic carbocycles. The van der Waals surface area contributed by atoms with Gasteiger partial charge in [-0.05, 0) is 30.0 Å². The molecule has 0 bridgehead atoms. The summed E-state index contributed by atoms with van der Waals surface area (Å²) in [6.07, 6.45) is -4.40. The Bertz CT molecular complexity index is 559. The highest BCUT2D eigenvalue weighted by Crippen LogP contribution is 2.38. The molecule has 114 valence electrons. The first-order valence-corrected chi connectivity index (χ1v) is 7.27. The van der Waals surface area contributed by atoms with Crippen molar-refractivity contribution in [2.24, 2.45) is 0 Å². The van der Waals surface area contributed by atoms with Gasteiger partial charge in [-0.25, -0.2) is 0 Å². The summed E-state index contributed by atoms with van der Waals surface area (Å²) in [5.74, 6) is -0.224. The average molecular weight is 316 g/mol. The summed E-state index contributed by atoms with van der Waals surface area (Å²) in [4.78, 5) is 14.4. The van der Waals surface area contributed by atoms with Crippen LogP contribution in [0.5, 0.6) is 0 Å². The third kappa shape index (κ3) is 3.53. The Labute approximate surface area is 125 Å². The minimum atomic E-state index is -4.40. The van der Waals surface area contributed by atoms with Gasteiger partial charge in [-0.2, -0.15) is 13.2 Å². The van der Waals surface area contributed by atoms with Gasteiger partial charge in [0.25, 0.3) is 5.91 Å². The zero-order valence-electron chi connectivity index (χ0n) is 11.4. The number of thioether (sulfide) groups is 1. The van der Waals surface area contributed by atoms with Crippen LogP contribution in [-0.2, 0) is 11.0 Å². The van der Waals surface area contributed by atoms with E-state index in [9.17, 15) is 18.0 Å². The Hall–Kier alpha value is -1.63. The molecule has 1 aliphatic rings. The normalized spacial score (nSPS) is 19.0. The van der Waals surface area contributed by atoms with Gasteiger partial charge in [-0.15, -0.1) is 0 Å². The van der Waals surface area contributed by atoms with Gasteiger partial charge in [-0.1, -0.05) is 24.4 Å². The Kier molecular flexibility index (Phi) is 4.51. The molecule has 1 aromatic carbocycles. The molecule has 0 saturated carbocycles. The average Bonchev–Trinajstić information content (AvgIpc) is 2.80. The lowest BCUT2D eigenvalue weighted by atomic mass is 10.1. The second-order valence-corrected chi connectivity index (χ2v) is 5.84. The van der Waals surface area contributed by atoms with Crippen LogP contribution in [-0.4, -0.2) is 24.4 Å². The molecule has 1 heterocycles. The molecular formula is C14H15F3N2OS. The van der Waals surface area contributed by atoms with Crippen LogP contribution in [0.2, 0.25) is 0 Å². The first-order chi connectivity index (χ1) is 9.82. The van der Waals surface area contributed by atoms with E-state index in [0.29, 0.717) is 18.8 Å². The van der Waals surface area contributed by atoms with Gasteiger partial charge in [0.2, 0.25) is 0 Å². The largest absolute Gasteiger partial charge is 0.416 e. The smallest absolute Gasteiger partial charge is 0.354 e. The number of carbonyl (C=O) groups excluding carboxylic acids is 1. The maximum atomic E-state index is 12.8. The van der Waals surface area contributed by atoms with E-state index in [1.807, 2.05) is 0 Å². The molecule has 1 aromatic rings. The Morgan fingerprint density at radius 2 is 2.24 bits per heavy atom. The highest BCUT2D eigenvalue weighted by Gasteiger charge is 2.35. The number of nitrogens with zero attached hydrogens (tertiary/aromatic N) is 1. The van der Waals surface area contributed by atoms with Crippen molar-refractivity contribution in [1.82, 2.24) is 5.32 Å². The van der Waals surface area contributed by atoms with Crippen LogP contribution >= 0.6 is 11.8 Å². The molecule has 2 rings (SSSR count). The van der Waals surface area contributed by atoms with Gasteiger partial charge in [-0.3, -0.25) is 4.79 Å². The predicted molar refractivity (Wildman–Crippen MR) is 78.0 cm³/mol. The summed E-state index contributed by atoms with van der Waals surface area (Å²) >= 11 is 1.27. The molecule has 21 heavy (non-hydrogen) atoms. The number of anilines is 1. The molecule has 1 aliphatic heterocycles. The molecule has 0 spiro atoms. The highest BCUT2D eigenvalue weighted by atomic mass is 32.2. The number of carbonyl (C=O) groups is 1. The SMILES string of the molecule is C=C1CN(c2cccc(C(F)(F)F)c2)C(C(=O)NCC)S1. The van der Waals surface area contributed by atoms with Crippen molar-refractivity contribution in [3.05, 3.63) is 41.3 Å². The summed E-state index contributed by atoms with van der Waals surface area (Å²) in [5.41, 5.74) is -0.357. The van der Waals surface area contributed by atoms with Crippen molar-refractivity contribution in [2.75, 3.05) is 18.0 Å². The lowest BCUT2D eigenvalue weighted by molar-refractivity contribution is -0.137. The summed E-state index contributed by atoms with van der Waals surface area (Å²) in [6.45, 7) is 6.43. The molecule has 0 radical (unpaired) electrons. The van der Waals surface area contributed by atoms with Gasteiger partial charge >= 0.3 is 6.18 Å². The summed E-state index contributed by atoms with van der Waals surface area (Å²) < 4.78 is 38.4. The van der Waals surface area contributed by atoms with Crippen molar-refractivity contribution in [3.8, 4) is 0 Å². The van der Waals surface area contributed by atoms with E-state index in [1.165, 1.54) is 17.8 Å². The van der Waals surface area contributed by atoms with Crippen molar-refractivity contribution in [3.63, 3.8) is 0 Å². The number of nitrogens with one attached hydrogen (secondary N) is 1. The van der Waals surface area contributed by atoms with Gasteiger partial charge in [0.15, 0.2) is 5.37 Å². The van der Waals surface area contributed by atoms with Gasteiger partial charge in [0, 0.05) is 18.8 Å². The lowest BCUT2D eigenvalue weighted by Gasteiger charge is -2.25. The van der Waals surface area contributed by atoms with Gasteiger partial charge in [0.05, 0.1) is 5.56 Å². The van der Waals surface area contributed by atoms with E-state index in [0.717, 1.165) is 17.0 Å². The fraction of sp³-hybridized carbons (Fsp3) is 0.357. The number of rotatable bonds is 3. The maximum Gasteiger partial charge on any atom is 0.416 e. The zero-order chi connectivity index (χ0) is 15.6. The molecule has 7 heteroatoms. The van der Waals surface area contributed by atoms with Gasteiger partial charge in [0.1, 0.15) is 0 Å².